The predicted molar refractivity (Wildman–Crippen MR) is 73.9 cm³/mol. The van der Waals surface area contributed by atoms with Crippen LogP contribution in [0.15, 0.2) is 0 Å². The number of hydrogen-bond donors (Lipinski definition) is 1. The van der Waals surface area contributed by atoms with Crippen molar-refractivity contribution >= 4 is 0 Å². The molecule has 0 aromatic rings. The lowest BCUT2D eigenvalue weighted by molar-refractivity contribution is 0.210. The summed E-state index contributed by atoms with van der Waals surface area (Å²) in [5.41, 5.74) is 0. The van der Waals surface area contributed by atoms with Crippen LogP contribution in [0.3, 0.4) is 0 Å². The highest BCUT2D eigenvalue weighted by Gasteiger charge is 2.12. The minimum absolute atomic E-state index is 0.00688. The number of nitriles is 1. The summed E-state index contributed by atoms with van der Waals surface area (Å²) >= 11 is 0. The second-order valence-electron chi connectivity index (χ2n) is 4.86. The molecule has 0 saturated carbocycles. The van der Waals surface area contributed by atoms with Crippen LogP contribution in [0, 0.1) is 11.3 Å². The van der Waals surface area contributed by atoms with E-state index in [0.29, 0.717) is 6.04 Å². The summed E-state index contributed by atoms with van der Waals surface area (Å²) in [6.45, 7) is 11.8. The van der Waals surface area contributed by atoms with E-state index in [2.05, 4.69) is 37.1 Å². The first kappa shape index (κ1) is 16.4. The lowest BCUT2D eigenvalue weighted by Gasteiger charge is -2.27. The zero-order valence-electron chi connectivity index (χ0n) is 12.0. The Balaban J connectivity index is 3.94. The van der Waals surface area contributed by atoms with Crippen LogP contribution < -0.4 is 5.32 Å². The molecular formula is C14H29N3. The lowest BCUT2D eigenvalue weighted by Crippen LogP contribution is -2.37. The van der Waals surface area contributed by atoms with Crippen LogP contribution >= 0.6 is 0 Å². The normalized spacial score (nSPS) is 13.0. The molecule has 1 atom stereocenters. The van der Waals surface area contributed by atoms with Gasteiger partial charge in [-0.1, -0.05) is 26.7 Å². The number of hydrogen-bond acceptors (Lipinski definition) is 3. The van der Waals surface area contributed by atoms with E-state index in [4.69, 9.17) is 5.26 Å². The Bertz CT molecular complexity index is 208. The summed E-state index contributed by atoms with van der Waals surface area (Å²) in [5.74, 6) is 0. The third-order valence-electron chi connectivity index (χ3n) is 3.09. The third-order valence-corrected chi connectivity index (χ3v) is 3.09. The van der Waals surface area contributed by atoms with Gasteiger partial charge in [-0.25, -0.2) is 0 Å². The molecule has 17 heavy (non-hydrogen) atoms. The average Bonchev–Trinajstić information content (AvgIpc) is 2.31. The van der Waals surface area contributed by atoms with E-state index in [9.17, 15) is 0 Å². The van der Waals surface area contributed by atoms with Crippen molar-refractivity contribution in [2.24, 2.45) is 0 Å². The zero-order valence-corrected chi connectivity index (χ0v) is 12.0. The molecule has 0 aromatic heterocycles. The smallest absolute Gasteiger partial charge is 0.0965 e. The van der Waals surface area contributed by atoms with E-state index >= 15 is 0 Å². The van der Waals surface area contributed by atoms with Crippen molar-refractivity contribution in [3.8, 4) is 6.07 Å². The molecule has 0 bridgehead atoms. The highest BCUT2D eigenvalue weighted by atomic mass is 15.1. The van der Waals surface area contributed by atoms with Crippen LogP contribution in [0.1, 0.15) is 53.4 Å². The van der Waals surface area contributed by atoms with Crippen LogP contribution in [0.4, 0.5) is 0 Å². The minimum atomic E-state index is 0.00688. The number of rotatable bonds is 10. The summed E-state index contributed by atoms with van der Waals surface area (Å²) in [5, 5.41) is 12.2. The molecule has 0 aliphatic rings. The first-order chi connectivity index (χ1) is 8.15. The fourth-order valence-corrected chi connectivity index (χ4v) is 1.95. The van der Waals surface area contributed by atoms with Gasteiger partial charge >= 0.3 is 0 Å². The molecule has 0 saturated heterocycles. The van der Waals surface area contributed by atoms with Crippen LogP contribution in [-0.4, -0.2) is 36.6 Å². The molecule has 100 valence electrons. The molecule has 0 rings (SSSR count). The monoisotopic (exact) mass is 239 g/mol. The number of nitrogens with one attached hydrogen (secondary N) is 1. The van der Waals surface area contributed by atoms with Crippen molar-refractivity contribution < 1.29 is 0 Å². The summed E-state index contributed by atoms with van der Waals surface area (Å²) in [4.78, 5) is 2.48. The van der Waals surface area contributed by atoms with E-state index in [1.165, 1.54) is 19.3 Å². The Labute approximate surface area is 107 Å². The summed E-state index contributed by atoms with van der Waals surface area (Å²) < 4.78 is 0. The van der Waals surface area contributed by atoms with Gasteiger partial charge in [-0.15, -0.1) is 0 Å². The van der Waals surface area contributed by atoms with Crippen LogP contribution in [0.5, 0.6) is 0 Å². The average molecular weight is 239 g/mol. The maximum atomic E-state index is 8.99. The van der Waals surface area contributed by atoms with Crippen LogP contribution in [0.2, 0.25) is 0 Å². The summed E-state index contributed by atoms with van der Waals surface area (Å²) in [6.07, 6.45) is 4.77. The lowest BCUT2D eigenvalue weighted by atomic mass is 10.1. The van der Waals surface area contributed by atoms with Gasteiger partial charge in [0.05, 0.1) is 12.1 Å². The van der Waals surface area contributed by atoms with E-state index < -0.39 is 0 Å². The fraction of sp³-hybridized carbons (Fsp3) is 0.929. The van der Waals surface area contributed by atoms with Crippen molar-refractivity contribution in [1.29, 1.82) is 5.26 Å². The molecule has 0 aliphatic carbocycles. The second-order valence-corrected chi connectivity index (χ2v) is 4.86. The molecule has 0 aliphatic heterocycles. The fourth-order valence-electron chi connectivity index (χ4n) is 1.95. The SMILES string of the molecule is CCCCCN(CCC(C#N)NCC)C(C)C. The van der Waals surface area contributed by atoms with E-state index in [-0.39, 0.29) is 6.04 Å². The molecule has 0 aromatic carbocycles. The van der Waals surface area contributed by atoms with Gasteiger partial charge in [0.15, 0.2) is 0 Å². The maximum Gasteiger partial charge on any atom is 0.0965 e. The van der Waals surface area contributed by atoms with Gasteiger partial charge in [-0.05, 0) is 39.8 Å². The van der Waals surface area contributed by atoms with Crippen molar-refractivity contribution in [3.05, 3.63) is 0 Å². The van der Waals surface area contributed by atoms with Gasteiger partial charge in [0.1, 0.15) is 0 Å². The standard InChI is InChI=1S/C14H29N3/c1-5-7-8-10-17(13(3)4)11-9-14(12-15)16-6-2/h13-14,16H,5-11H2,1-4H3. The first-order valence-electron chi connectivity index (χ1n) is 7.02. The van der Waals surface area contributed by atoms with E-state index in [1.54, 1.807) is 0 Å². The van der Waals surface area contributed by atoms with Crippen molar-refractivity contribution in [3.63, 3.8) is 0 Å². The molecule has 0 fully saturated rings. The highest BCUT2D eigenvalue weighted by Crippen LogP contribution is 2.05. The Morgan fingerprint density at radius 1 is 1.18 bits per heavy atom. The van der Waals surface area contributed by atoms with Gasteiger partial charge in [-0.2, -0.15) is 5.26 Å². The van der Waals surface area contributed by atoms with Crippen molar-refractivity contribution in [1.82, 2.24) is 10.2 Å². The quantitative estimate of drug-likeness (QED) is 0.596. The van der Waals surface area contributed by atoms with Crippen LogP contribution in [-0.2, 0) is 0 Å². The molecule has 0 heterocycles. The van der Waals surface area contributed by atoms with Gasteiger partial charge in [0.25, 0.3) is 0 Å². The predicted octanol–water partition coefficient (Wildman–Crippen LogP) is 2.78. The zero-order chi connectivity index (χ0) is 13.1. The first-order valence-corrected chi connectivity index (χ1v) is 7.02. The summed E-state index contributed by atoms with van der Waals surface area (Å²) in [7, 11) is 0. The molecule has 1 N–H and O–H groups in total. The molecule has 0 spiro atoms. The Morgan fingerprint density at radius 2 is 1.88 bits per heavy atom. The molecule has 0 amide bonds. The molecule has 3 heteroatoms. The summed E-state index contributed by atoms with van der Waals surface area (Å²) in [6, 6.07) is 2.91. The Hall–Kier alpha value is -0.590. The van der Waals surface area contributed by atoms with E-state index in [0.717, 1.165) is 26.1 Å². The topological polar surface area (TPSA) is 39.1 Å². The number of nitrogens with zero attached hydrogens (tertiary/aromatic N) is 2. The molecule has 3 nitrogen and oxygen atoms in total. The Kier molecular flexibility index (Phi) is 10.2. The van der Waals surface area contributed by atoms with Crippen molar-refractivity contribution in [2.75, 3.05) is 19.6 Å². The van der Waals surface area contributed by atoms with Crippen LogP contribution in [0.25, 0.3) is 0 Å². The highest BCUT2D eigenvalue weighted by molar-refractivity contribution is 4.90. The second kappa shape index (κ2) is 10.6. The molecule has 1 unspecified atom stereocenters. The van der Waals surface area contributed by atoms with E-state index in [1.807, 2.05) is 6.92 Å². The minimum Gasteiger partial charge on any atom is -0.302 e. The maximum absolute atomic E-state index is 8.99. The largest absolute Gasteiger partial charge is 0.302 e. The van der Waals surface area contributed by atoms with Gasteiger partial charge in [-0.3, -0.25) is 0 Å². The van der Waals surface area contributed by atoms with Gasteiger partial charge in [0, 0.05) is 12.6 Å². The van der Waals surface area contributed by atoms with Crippen molar-refractivity contribution in [2.45, 2.75) is 65.5 Å². The van der Waals surface area contributed by atoms with Gasteiger partial charge < -0.3 is 10.2 Å². The van der Waals surface area contributed by atoms with Gasteiger partial charge in [0.2, 0.25) is 0 Å². The Morgan fingerprint density at radius 3 is 2.35 bits per heavy atom. The molecular weight excluding hydrogens is 210 g/mol. The molecule has 0 radical (unpaired) electrons. The number of unbranched alkanes of at least 4 members (excludes halogenated alkanes) is 2. The third kappa shape index (κ3) is 8.18.